The maximum atomic E-state index is 11.2. The van der Waals surface area contributed by atoms with Gasteiger partial charge in [0.25, 0.3) is 0 Å². The Kier molecular flexibility index (Phi) is 3.50. The average Bonchev–Trinajstić information content (AvgIpc) is 2.34. The van der Waals surface area contributed by atoms with Gasteiger partial charge in [-0.25, -0.2) is 4.79 Å². The van der Waals surface area contributed by atoms with Gasteiger partial charge in [0.2, 0.25) is 0 Å². The molecular weight excluding hydrogens is 204 g/mol. The van der Waals surface area contributed by atoms with Gasteiger partial charge < -0.3 is 4.74 Å². The third kappa shape index (κ3) is 4.43. The smallest absolute Gasteiger partial charge is 0.341 e. The molecule has 0 aliphatic carbocycles. The van der Waals surface area contributed by atoms with E-state index in [1.54, 1.807) is 0 Å². The molecule has 0 aromatic heterocycles. The molecule has 0 aromatic rings. The highest BCUT2D eigenvalue weighted by Gasteiger charge is 2.16. The van der Waals surface area contributed by atoms with Crippen LogP contribution in [0.3, 0.4) is 0 Å². The van der Waals surface area contributed by atoms with E-state index in [2.05, 4.69) is 6.08 Å². The van der Waals surface area contributed by atoms with Crippen molar-refractivity contribution in [1.82, 2.24) is 0 Å². The van der Waals surface area contributed by atoms with Crippen LogP contribution < -0.4 is 0 Å². The molecule has 1 aliphatic rings. The van der Waals surface area contributed by atoms with Gasteiger partial charge in [0.15, 0.2) is 0 Å². The fraction of sp³-hybridized carbons (Fsp3) is 0.444. The lowest BCUT2D eigenvalue weighted by atomic mass is 10.2. The number of carbonyl (C=O) groups is 1. The minimum atomic E-state index is -0.438. The largest absolute Gasteiger partial charge is 0.456 e. The van der Waals surface area contributed by atoms with Gasteiger partial charge in [-0.05, 0) is 31.6 Å². The van der Waals surface area contributed by atoms with Crippen LogP contribution in [0.4, 0.5) is 0 Å². The van der Waals surface area contributed by atoms with Crippen LogP contribution in [0.15, 0.2) is 15.1 Å². The Morgan fingerprint density at radius 3 is 2.38 bits per heavy atom. The van der Waals surface area contributed by atoms with Crippen LogP contribution in [0.2, 0.25) is 0 Å². The summed E-state index contributed by atoms with van der Waals surface area (Å²) in [4.78, 5) is 11.2. The first-order valence-electron chi connectivity index (χ1n) is 3.83. The monoisotopic (exact) mass is 215 g/mol. The van der Waals surface area contributed by atoms with E-state index < -0.39 is 11.6 Å². The summed E-state index contributed by atoms with van der Waals surface area (Å²) in [5.41, 5.74) is -0.438. The molecule has 71 valence electrons. The number of carbonyl (C=O) groups excluding carboxylic acids is 1. The van der Waals surface area contributed by atoms with Crippen LogP contribution in [0, 0.1) is 6.08 Å². The lowest BCUT2D eigenvalue weighted by Crippen LogP contribution is -2.22. The molecule has 1 aliphatic heterocycles. The predicted molar refractivity (Wildman–Crippen MR) is 56.9 cm³/mol. The van der Waals surface area contributed by atoms with Gasteiger partial charge in [-0.3, -0.25) is 0 Å². The zero-order valence-corrected chi connectivity index (χ0v) is 9.42. The van der Waals surface area contributed by atoms with Gasteiger partial charge in [-0.2, -0.15) is 0 Å². The zero-order chi connectivity index (χ0) is 9.90. The Morgan fingerprint density at radius 1 is 1.38 bits per heavy atom. The van der Waals surface area contributed by atoms with E-state index in [0.29, 0.717) is 0 Å². The molecule has 0 bridgehead atoms. The van der Waals surface area contributed by atoms with Crippen molar-refractivity contribution >= 4 is 29.5 Å². The molecule has 0 aromatic carbocycles. The molecule has 1 radical (unpaired) electrons. The van der Waals surface area contributed by atoms with Crippen LogP contribution in [-0.4, -0.2) is 11.6 Å². The van der Waals surface area contributed by atoms with Crippen molar-refractivity contribution in [2.45, 2.75) is 26.4 Å². The standard InChI is InChI=1S/C9H11O2S2/c1-9(2,3)11-7(10)6-8-12-4-5-13-8/h4-5H,1-3H3. The Balaban J connectivity index is 2.46. The van der Waals surface area contributed by atoms with E-state index in [1.165, 1.54) is 23.5 Å². The first kappa shape index (κ1) is 10.7. The molecule has 0 unspecified atom stereocenters. The number of ether oxygens (including phenoxy) is 1. The predicted octanol–water partition coefficient (Wildman–Crippen LogP) is 2.92. The van der Waals surface area contributed by atoms with Crippen molar-refractivity contribution in [3.8, 4) is 0 Å². The minimum Gasteiger partial charge on any atom is -0.456 e. The molecule has 2 nitrogen and oxygen atoms in total. The van der Waals surface area contributed by atoms with Crippen molar-refractivity contribution in [2.24, 2.45) is 0 Å². The van der Waals surface area contributed by atoms with Crippen molar-refractivity contribution in [1.29, 1.82) is 0 Å². The normalized spacial score (nSPS) is 16.1. The summed E-state index contributed by atoms with van der Waals surface area (Å²) in [6.45, 7) is 5.51. The maximum absolute atomic E-state index is 11.2. The highest BCUT2D eigenvalue weighted by Crippen LogP contribution is 2.36. The summed E-state index contributed by atoms with van der Waals surface area (Å²) in [5, 5.41) is 3.83. The van der Waals surface area contributed by atoms with E-state index in [9.17, 15) is 4.79 Å². The van der Waals surface area contributed by atoms with Crippen LogP contribution in [0.1, 0.15) is 20.8 Å². The fourth-order valence-electron chi connectivity index (χ4n) is 0.653. The van der Waals surface area contributed by atoms with Crippen molar-refractivity contribution in [2.75, 3.05) is 0 Å². The molecule has 0 fully saturated rings. The van der Waals surface area contributed by atoms with E-state index in [-0.39, 0.29) is 0 Å². The quantitative estimate of drug-likeness (QED) is 0.496. The van der Waals surface area contributed by atoms with E-state index in [1.807, 2.05) is 31.6 Å². The minimum absolute atomic E-state index is 0.397. The maximum Gasteiger partial charge on any atom is 0.341 e. The van der Waals surface area contributed by atoms with E-state index >= 15 is 0 Å². The molecule has 0 atom stereocenters. The number of hydrogen-bond donors (Lipinski definition) is 0. The number of hydrogen-bond acceptors (Lipinski definition) is 4. The average molecular weight is 215 g/mol. The van der Waals surface area contributed by atoms with Crippen LogP contribution >= 0.6 is 23.5 Å². The number of esters is 1. The second kappa shape index (κ2) is 4.24. The molecule has 0 saturated heterocycles. The first-order valence-corrected chi connectivity index (χ1v) is 5.58. The second-order valence-electron chi connectivity index (χ2n) is 3.42. The SMILES string of the molecule is CC(C)(C)OC(=O)[C]=C1SC=CS1. The van der Waals surface area contributed by atoms with E-state index in [4.69, 9.17) is 4.74 Å². The van der Waals surface area contributed by atoms with Crippen LogP contribution in [0.25, 0.3) is 0 Å². The lowest BCUT2D eigenvalue weighted by molar-refractivity contribution is -0.149. The third-order valence-corrected chi connectivity index (χ3v) is 2.93. The molecule has 1 heterocycles. The van der Waals surface area contributed by atoms with Gasteiger partial charge in [-0.1, -0.05) is 23.5 Å². The summed E-state index contributed by atoms with van der Waals surface area (Å²) in [5.74, 6) is -0.397. The summed E-state index contributed by atoms with van der Waals surface area (Å²) in [7, 11) is 0. The summed E-state index contributed by atoms with van der Waals surface area (Å²) in [6.07, 6.45) is 2.65. The molecule has 0 spiro atoms. The molecular formula is C9H11O2S2. The lowest BCUT2D eigenvalue weighted by Gasteiger charge is -2.17. The van der Waals surface area contributed by atoms with Crippen LogP contribution in [0.5, 0.6) is 0 Å². The second-order valence-corrected chi connectivity index (χ2v) is 5.51. The van der Waals surface area contributed by atoms with E-state index in [0.717, 1.165) is 4.24 Å². The molecule has 0 N–H and O–H groups in total. The van der Waals surface area contributed by atoms with Crippen LogP contribution in [-0.2, 0) is 9.53 Å². The number of thioether (sulfide) groups is 2. The first-order chi connectivity index (χ1) is 5.97. The van der Waals surface area contributed by atoms with Gasteiger partial charge in [-0.15, -0.1) is 0 Å². The topological polar surface area (TPSA) is 26.3 Å². The van der Waals surface area contributed by atoms with Crippen molar-refractivity contribution in [3.05, 3.63) is 21.1 Å². The molecule has 0 saturated carbocycles. The Hall–Kier alpha value is -0.350. The third-order valence-electron chi connectivity index (χ3n) is 1.01. The summed E-state index contributed by atoms with van der Waals surface area (Å²) >= 11 is 2.97. The molecule has 1 rings (SSSR count). The Morgan fingerprint density at radius 2 is 1.92 bits per heavy atom. The zero-order valence-electron chi connectivity index (χ0n) is 7.79. The van der Waals surface area contributed by atoms with Gasteiger partial charge in [0, 0.05) is 0 Å². The van der Waals surface area contributed by atoms with Crippen molar-refractivity contribution in [3.63, 3.8) is 0 Å². The molecule has 13 heavy (non-hydrogen) atoms. The highest BCUT2D eigenvalue weighted by atomic mass is 32.2. The van der Waals surface area contributed by atoms with Gasteiger partial charge in [0.1, 0.15) is 5.60 Å². The van der Waals surface area contributed by atoms with Gasteiger partial charge >= 0.3 is 5.97 Å². The molecule has 4 heteroatoms. The fourth-order valence-corrected chi connectivity index (χ4v) is 2.18. The summed E-state index contributed by atoms with van der Waals surface area (Å²) in [6, 6.07) is 0. The molecule has 0 amide bonds. The highest BCUT2D eigenvalue weighted by molar-refractivity contribution is 8.27. The van der Waals surface area contributed by atoms with Crippen molar-refractivity contribution < 1.29 is 9.53 Å². The summed E-state index contributed by atoms with van der Waals surface area (Å²) < 4.78 is 5.92. The van der Waals surface area contributed by atoms with Gasteiger partial charge in [0.05, 0.1) is 10.3 Å². The number of rotatable bonds is 1. The Bertz CT molecular complexity index is 251. The Labute approximate surface area is 86.8 Å².